The molecule has 0 fully saturated rings. The van der Waals surface area contributed by atoms with Crippen LogP contribution in [0.3, 0.4) is 0 Å². The van der Waals surface area contributed by atoms with Crippen LogP contribution < -0.4 is 5.73 Å². The molecule has 0 amide bonds. The normalized spacial score (nSPS) is 13.7. The standard InChI is InChI=1S/C18H39N/c1-5-7-8-9-10-11-12-13-14-15-16-17(6-2)18(3,4)19/h17H,5-16,19H2,1-4H3. The van der Waals surface area contributed by atoms with Crippen molar-refractivity contribution in [3.63, 3.8) is 0 Å². The first-order chi connectivity index (χ1) is 9.02. The summed E-state index contributed by atoms with van der Waals surface area (Å²) in [6.07, 6.45) is 16.8. The molecule has 0 saturated carbocycles. The summed E-state index contributed by atoms with van der Waals surface area (Å²) >= 11 is 0. The minimum absolute atomic E-state index is 0.00796. The second kappa shape index (κ2) is 11.8. The molecule has 0 rings (SSSR count). The molecule has 0 aliphatic heterocycles. The first-order valence-corrected chi connectivity index (χ1v) is 8.81. The first kappa shape index (κ1) is 19.0. The van der Waals surface area contributed by atoms with Crippen molar-refractivity contribution in [2.75, 3.05) is 0 Å². The van der Waals surface area contributed by atoms with Crippen molar-refractivity contribution in [1.82, 2.24) is 0 Å². The summed E-state index contributed by atoms with van der Waals surface area (Å²) in [6, 6.07) is 0. The molecule has 2 N–H and O–H groups in total. The van der Waals surface area contributed by atoms with Crippen LogP contribution in [0.4, 0.5) is 0 Å². The van der Waals surface area contributed by atoms with Gasteiger partial charge in [0.2, 0.25) is 0 Å². The molecule has 0 heterocycles. The Morgan fingerprint density at radius 3 is 1.53 bits per heavy atom. The maximum Gasteiger partial charge on any atom is 0.0125 e. The highest BCUT2D eigenvalue weighted by molar-refractivity contribution is 4.80. The van der Waals surface area contributed by atoms with E-state index in [9.17, 15) is 0 Å². The third-order valence-electron chi connectivity index (χ3n) is 4.45. The average Bonchev–Trinajstić information content (AvgIpc) is 2.34. The molecule has 0 aromatic heterocycles. The molecule has 1 nitrogen and oxygen atoms in total. The Hall–Kier alpha value is -0.0400. The average molecular weight is 270 g/mol. The van der Waals surface area contributed by atoms with Crippen LogP contribution in [0, 0.1) is 5.92 Å². The van der Waals surface area contributed by atoms with E-state index in [1.54, 1.807) is 0 Å². The summed E-state index contributed by atoms with van der Waals surface area (Å²) in [4.78, 5) is 0. The lowest BCUT2D eigenvalue weighted by atomic mass is 9.82. The predicted octanol–water partition coefficient (Wildman–Crippen LogP) is 6.06. The Morgan fingerprint density at radius 1 is 0.737 bits per heavy atom. The molecule has 0 saturated heterocycles. The molecular weight excluding hydrogens is 230 g/mol. The molecule has 0 bridgehead atoms. The van der Waals surface area contributed by atoms with Crippen molar-refractivity contribution in [3.05, 3.63) is 0 Å². The van der Waals surface area contributed by atoms with Gasteiger partial charge in [-0.3, -0.25) is 0 Å². The molecule has 0 radical (unpaired) electrons. The fourth-order valence-electron chi connectivity index (χ4n) is 2.98. The molecule has 0 aromatic carbocycles. The topological polar surface area (TPSA) is 26.0 Å². The largest absolute Gasteiger partial charge is 0.325 e. The van der Waals surface area contributed by atoms with E-state index in [0.717, 1.165) is 0 Å². The molecule has 1 atom stereocenters. The van der Waals surface area contributed by atoms with Crippen molar-refractivity contribution in [1.29, 1.82) is 0 Å². The van der Waals surface area contributed by atoms with E-state index in [0.29, 0.717) is 5.92 Å². The van der Waals surface area contributed by atoms with Gasteiger partial charge in [0.25, 0.3) is 0 Å². The molecule has 0 aliphatic rings. The van der Waals surface area contributed by atoms with Crippen molar-refractivity contribution < 1.29 is 0 Å². The Kier molecular flexibility index (Phi) is 11.7. The molecule has 1 heteroatoms. The van der Waals surface area contributed by atoms with Crippen molar-refractivity contribution in [3.8, 4) is 0 Å². The minimum atomic E-state index is 0.00796. The zero-order valence-corrected chi connectivity index (χ0v) is 14.1. The SMILES string of the molecule is CCCCCCCCCCCCC(CC)C(C)(C)N. The Labute approximate surface area is 122 Å². The van der Waals surface area contributed by atoms with E-state index in [1.807, 2.05) is 0 Å². The van der Waals surface area contributed by atoms with Gasteiger partial charge in [-0.15, -0.1) is 0 Å². The maximum absolute atomic E-state index is 6.21. The number of hydrogen-bond acceptors (Lipinski definition) is 1. The van der Waals surface area contributed by atoms with Crippen LogP contribution in [0.1, 0.15) is 105 Å². The van der Waals surface area contributed by atoms with Gasteiger partial charge < -0.3 is 5.73 Å². The second-order valence-corrected chi connectivity index (χ2v) is 6.90. The summed E-state index contributed by atoms with van der Waals surface area (Å²) in [6.45, 7) is 8.91. The summed E-state index contributed by atoms with van der Waals surface area (Å²) < 4.78 is 0. The van der Waals surface area contributed by atoms with E-state index in [4.69, 9.17) is 5.73 Å². The number of unbranched alkanes of at least 4 members (excludes halogenated alkanes) is 9. The molecule has 0 aliphatic carbocycles. The fraction of sp³-hybridized carbons (Fsp3) is 1.00. The van der Waals surface area contributed by atoms with Gasteiger partial charge in [-0.1, -0.05) is 84.5 Å². The van der Waals surface area contributed by atoms with Gasteiger partial charge in [-0.2, -0.15) is 0 Å². The van der Waals surface area contributed by atoms with Crippen LogP contribution >= 0.6 is 0 Å². The zero-order valence-electron chi connectivity index (χ0n) is 14.1. The van der Waals surface area contributed by atoms with Crippen LogP contribution in [0.15, 0.2) is 0 Å². The van der Waals surface area contributed by atoms with E-state index >= 15 is 0 Å². The van der Waals surface area contributed by atoms with E-state index in [2.05, 4.69) is 27.7 Å². The molecule has 0 aromatic rings. The fourth-order valence-corrected chi connectivity index (χ4v) is 2.98. The van der Waals surface area contributed by atoms with E-state index in [-0.39, 0.29) is 5.54 Å². The smallest absolute Gasteiger partial charge is 0.0125 e. The van der Waals surface area contributed by atoms with Gasteiger partial charge >= 0.3 is 0 Å². The first-order valence-electron chi connectivity index (χ1n) is 8.81. The number of nitrogens with two attached hydrogens (primary N) is 1. The highest BCUT2D eigenvalue weighted by Crippen LogP contribution is 2.24. The number of hydrogen-bond donors (Lipinski definition) is 1. The predicted molar refractivity (Wildman–Crippen MR) is 88.5 cm³/mol. The van der Waals surface area contributed by atoms with Crippen molar-refractivity contribution >= 4 is 0 Å². The van der Waals surface area contributed by atoms with Gasteiger partial charge in [0, 0.05) is 5.54 Å². The molecule has 1 unspecified atom stereocenters. The summed E-state index contributed by atoms with van der Waals surface area (Å²) in [5.41, 5.74) is 6.22. The van der Waals surface area contributed by atoms with Crippen LogP contribution in [0.2, 0.25) is 0 Å². The third-order valence-corrected chi connectivity index (χ3v) is 4.45. The quantitative estimate of drug-likeness (QED) is 0.404. The molecular formula is C18H39N. The lowest BCUT2D eigenvalue weighted by Crippen LogP contribution is -2.40. The Bertz CT molecular complexity index is 181. The van der Waals surface area contributed by atoms with E-state index < -0.39 is 0 Å². The second-order valence-electron chi connectivity index (χ2n) is 6.90. The van der Waals surface area contributed by atoms with Crippen LogP contribution in [0.5, 0.6) is 0 Å². The summed E-state index contributed by atoms with van der Waals surface area (Å²) in [5, 5.41) is 0. The van der Waals surface area contributed by atoms with Gasteiger partial charge in [0.05, 0.1) is 0 Å². The van der Waals surface area contributed by atoms with Crippen molar-refractivity contribution in [2.24, 2.45) is 11.7 Å². The molecule has 116 valence electrons. The zero-order chi connectivity index (χ0) is 14.6. The minimum Gasteiger partial charge on any atom is -0.325 e. The van der Waals surface area contributed by atoms with Crippen molar-refractivity contribution in [2.45, 2.75) is 110 Å². The monoisotopic (exact) mass is 269 g/mol. The lowest BCUT2D eigenvalue weighted by Gasteiger charge is -2.29. The summed E-state index contributed by atoms with van der Waals surface area (Å²) in [5.74, 6) is 0.696. The highest BCUT2D eigenvalue weighted by atomic mass is 14.7. The third kappa shape index (κ3) is 11.5. The van der Waals surface area contributed by atoms with Gasteiger partial charge in [0.1, 0.15) is 0 Å². The van der Waals surface area contributed by atoms with Crippen LogP contribution in [-0.4, -0.2) is 5.54 Å². The summed E-state index contributed by atoms with van der Waals surface area (Å²) in [7, 11) is 0. The van der Waals surface area contributed by atoms with Gasteiger partial charge in [-0.05, 0) is 26.2 Å². The van der Waals surface area contributed by atoms with Crippen LogP contribution in [-0.2, 0) is 0 Å². The lowest BCUT2D eigenvalue weighted by molar-refractivity contribution is 0.283. The van der Waals surface area contributed by atoms with Gasteiger partial charge in [-0.25, -0.2) is 0 Å². The molecule has 19 heavy (non-hydrogen) atoms. The highest BCUT2D eigenvalue weighted by Gasteiger charge is 2.22. The Balaban J connectivity index is 3.31. The van der Waals surface area contributed by atoms with E-state index in [1.165, 1.54) is 77.0 Å². The molecule has 0 spiro atoms. The Morgan fingerprint density at radius 2 is 1.16 bits per heavy atom. The number of rotatable bonds is 13. The maximum atomic E-state index is 6.21. The van der Waals surface area contributed by atoms with Crippen LogP contribution in [0.25, 0.3) is 0 Å². The van der Waals surface area contributed by atoms with Gasteiger partial charge in [0.15, 0.2) is 0 Å².